The van der Waals surface area contributed by atoms with Crippen molar-refractivity contribution in [2.45, 2.75) is 45.6 Å². The predicted octanol–water partition coefficient (Wildman–Crippen LogP) is 1.28. The summed E-state index contributed by atoms with van der Waals surface area (Å²) in [5.41, 5.74) is 5.46. The molecule has 0 spiro atoms. The number of amides is 1. The van der Waals surface area contributed by atoms with Crippen LogP contribution in [0.15, 0.2) is 0 Å². The average molecular weight is 198 g/mol. The van der Waals surface area contributed by atoms with Crippen molar-refractivity contribution in [1.82, 2.24) is 5.32 Å². The minimum Gasteiger partial charge on any atom is -0.354 e. The van der Waals surface area contributed by atoms with E-state index in [9.17, 15) is 4.79 Å². The molecule has 1 atom stereocenters. The highest BCUT2D eigenvalue weighted by Gasteiger charge is 2.18. The fraction of sp³-hybridized carbons (Fsp3) is 0.909. The highest BCUT2D eigenvalue weighted by Crippen LogP contribution is 2.27. The third-order valence-electron chi connectivity index (χ3n) is 3.11. The standard InChI is InChI=1S/C11H22N2O/c1-8-3-5-10(6-4-8)7-13-11(14)9(2)12/h8-10H,3-7,12H2,1-2H3,(H,13,14). The summed E-state index contributed by atoms with van der Waals surface area (Å²) in [7, 11) is 0. The van der Waals surface area contributed by atoms with E-state index in [1.54, 1.807) is 6.92 Å². The lowest BCUT2D eigenvalue weighted by molar-refractivity contribution is -0.122. The molecule has 0 aromatic rings. The maximum atomic E-state index is 11.2. The molecule has 0 radical (unpaired) electrons. The van der Waals surface area contributed by atoms with Crippen LogP contribution in [0.3, 0.4) is 0 Å². The molecular formula is C11H22N2O. The van der Waals surface area contributed by atoms with Crippen LogP contribution in [0.5, 0.6) is 0 Å². The summed E-state index contributed by atoms with van der Waals surface area (Å²) in [6, 6.07) is -0.377. The molecule has 0 saturated heterocycles. The normalized spacial score (nSPS) is 29.6. The Morgan fingerprint density at radius 2 is 2.00 bits per heavy atom. The zero-order valence-electron chi connectivity index (χ0n) is 9.25. The number of hydrogen-bond donors (Lipinski definition) is 2. The summed E-state index contributed by atoms with van der Waals surface area (Å²) in [6.07, 6.45) is 5.11. The second-order valence-corrected chi connectivity index (χ2v) is 4.66. The van der Waals surface area contributed by atoms with Gasteiger partial charge in [-0.2, -0.15) is 0 Å². The molecule has 0 aliphatic heterocycles. The lowest BCUT2D eigenvalue weighted by Crippen LogP contribution is -2.40. The van der Waals surface area contributed by atoms with E-state index in [2.05, 4.69) is 12.2 Å². The molecule has 1 aliphatic carbocycles. The van der Waals surface area contributed by atoms with Crippen LogP contribution in [0.25, 0.3) is 0 Å². The molecule has 3 heteroatoms. The van der Waals surface area contributed by atoms with Crippen molar-refractivity contribution in [2.75, 3.05) is 6.54 Å². The van der Waals surface area contributed by atoms with Gasteiger partial charge in [0.05, 0.1) is 6.04 Å². The second-order valence-electron chi connectivity index (χ2n) is 4.66. The SMILES string of the molecule is CC1CCC(CNC(=O)C(C)N)CC1. The fourth-order valence-corrected chi connectivity index (χ4v) is 1.94. The lowest BCUT2D eigenvalue weighted by Gasteiger charge is -2.26. The second kappa shape index (κ2) is 5.35. The maximum Gasteiger partial charge on any atom is 0.236 e. The molecule has 3 nitrogen and oxygen atoms in total. The van der Waals surface area contributed by atoms with E-state index in [1.807, 2.05) is 0 Å². The first kappa shape index (κ1) is 11.5. The van der Waals surface area contributed by atoms with Crippen molar-refractivity contribution >= 4 is 5.91 Å². The van der Waals surface area contributed by atoms with Crippen molar-refractivity contribution in [3.05, 3.63) is 0 Å². The molecule has 3 N–H and O–H groups in total. The van der Waals surface area contributed by atoms with Gasteiger partial charge < -0.3 is 11.1 Å². The summed E-state index contributed by atoms with van der Waals surface area (Å²) in [4.78, 5) is 11.2. The average Bonchev–Trinajstić information content (AvgIpc) is 2.16. The van der Waals surface area contributed by atoms with Gasteiger partial charge in [0.25, 0.3) is 0 Å². The maximum absolute atomic E-state index is 11.2. The van der Waals surface area contributed by atoms with Crippen LogP contribution in [0.1, 0.15) is 39.5 Å². The summed E-state index contributed by atoms with van der Waals surface area (Å²) in [5.74, 6) is 1.52. The Kier molecular flexibility index (Phi) is 4.39. The van der Waals surface area contributed by atoms with E-state index >= 15 is 0 Å². The van der Waals surface area contributed by atoms with Crippen LogP contribution in [0, 0.1) is 11.8 Å². The Bertz CT molecular complexity index is 184. The van der Waals surface area contributed by atoms with Gasteiger partial charge in [-0.05, 0) is 31.6 Å². The van der Waals surface area contributed by atoms with E-state index < -0.39 is 0 Å². The smallest absolute Gasteiger partial charge is 0.236 e. The Hall–Kier alpha value is -0.570. The number of carbonyl (C=O) groups is 1. The summed E-state index contributed by atoms with van der Waals surface area (Å²) >= 11 is 0. The highest BCUT2D eigenvalue weighted by molar-refractivity contribution is 5.80. The van der Waals surface area contributed by atoms with Gasteiger partial charge in [0, 0.05) is 6.54 Å². The minimum absolute atomic E-state index is 0.0244. The lowest BCUT2D eigenvalue weighted by atomic mass is 9.83. The van der Waals surface area contributed by atoms with Gasteiger partial charge in [0.2, 0.25) is 5.91 Å². The number of nitrogens with one attached hydrogen (secondary N) is 1. The highest BCUT2D eigenvalue weighted by atomic mass is 16.2. The molecule has 1 amide bonds. The van der Waals surface area contributed by atoms with E-state index in [4.69, 9.17) is 5.73 Å². The van der Waals surface area contributed by atoms with Crippen molar-refractivity contribution in [2.24, 2.45) is 17.6 Å². The van der Waals surface area contributed by atoms with Crippen LogP contribution in [-0.4, -0.2) is 18.5 Å². The van der Waals surface area contributed by atoms with Gasteiger partial charge in [0.15, 0.2) is 0 Å². The Morgan fingerprint density at radius 1 is 1.43 bits per heavy atom. The molecule has 0 bridgehead atoms. The number of rotatable bonds is 3. The zero-order valence-corrected chi connectivity index (χ0v) is 9.25. The molecular weight excluding hydrogens is 176 g/mol. The molecule has 82 valence electrons. The number of nitrogens with two attached hydrogens (primary N) is 1. The fourth-order valence-electron chi connectivity index (χ4n) is 1.94. The summed E-state index contributed by atoms with van der Waals surface area (Å²) in [6.45, 7) is 4.84. The molecule has 1 unspecified atom stereocenters. The van der Waals surface area contributed by atoms with Gasteiger partial charge in [-0.3, -0.25) is 4.79 Å². The van der Waals surface area contributed by atoms with Crippen molar-refractivity contribution in [3.63, 3.8) is 0 Å². The Balaban J connectivity index is 2.16. The monoisotopic (exact) mass is 198 g/mol. The van der Waals surface area contributed by atoms with Crippen molar-refractivity contribution < 1.29 is 4.79 Å². The number of hydrogen-bond acceptors (Lipinski definition) is 2. The van der Waals surface area contributed by atoms with Gasteiger partial charge in [-0.15, -0.1) is 0 Å². The topological polar surface area (TPSA) is 55.1 Å². The molecule has 14 heavy (non-hydrogen) atoms. The predicted molar refractivity (Wildman–Crippen MR) is 57.8 cm³/mol. The Labute approximate surface area is 86.4 Å². The quantitative estimate of drug-likeness (QED) is 0.717. The molecule has 1 saturated carbocycles. The minimum atomic E-state index is -0.377. The van der Waals surface area contributed by atoms with Crippen molar-refractivity contribution in [1.29, 1.82) is 0 Å². The third kappa shape index (κ3) is 3.66. The largest absolute Gasteiger partial charge is 0.354 e. The first-order valence-corrected chi connectivity index (χ1v) is 5.63. The van der Waals surface area contributed by atoms with Crippen LogP contribution in [0.4, 0.5) is 0 Å². The molecule has 0 heterocycles. The summed E-state index contributed by atoms with van der Waals surface area (Å²) < 4.78 is 0. The Morgan fingerprint density at radius 3 is 2.50 bits per heavy atom. The van der Waals surface area contributed by atoms with Gasteiger partial charge in [-0.1, -0.05) is 19.8 Å². The van der Waals surface area contributed by atoms with E-state index in [0.29, 0.717) is 5.92 Å². The van der Waals surface area contributed by atoms with Gasteiger partial charge >= 0.3 is 0 Å². The van der Waals surface area contributed by atoms with Crippen LogP contribution < -0.4 is 11.1 Å². The molecule has 0 aromatic carbocycles. The van der Waals surface area contributed by atoms with E-state index in [1.165, 1.54) is 25.7 Å². The van der Waals surface area contributed by atoms with E-state index in [-0.39, 0.29) is 11.9 Å². The zero-order chi connectivity index (χ0) is 10.6. The van der Waals surface area contributed by atoms with Crippen molar-refractivity contribution in [3.8, 4) is 0 Å². The molecule has 0 aromatic heterocycles. The number of carbonyl (C=O) groups excluding carboxylic acids is 1. The summed E-state index contributed by atoms with van der Waals surface area (Å²) in [5, 5.41) is 2.90. The van der Waals surface area contributed by atoms with Gasteiger partial charge in [0.1, 0.15) is 0 Å². The molecule has 1 rings (SSSR count). The first-order valence-electron chi connectivity index (χ1n) is 5.63. The van der Waals surface area contributed by atoms with Crippen LogP contribution in [0.2, 0.25) is 0 Å². The van der Waals surface area contributed by atoms with Crippen LogP contribution >= 0.6 is 0 Å². The van der Waals surface area contributed by atoms with Gasteiger partial charge in [-0.25, -0.2) is 0 Å². The molecule has 1 fully saturated rings. The van der Waals surface area contributed by atoms with Crippen LogP contribution in [-0.2, 0) is 4.79 Å². The molecule has 1 aliphatic rings. The third-order valence-corrected chi connectivity index (χ3v) is 3.11. The van der Waals surface area contributed by atoms with E-state index in [0.717, 1.165) is 12.5 Å². The first-order chi connectivity index (χ1) is 6.59.